The fourth-order valence-corrected chi connectivity index (χ4v) is 1.86. The van der Waals surface area contributed by atoms with Gasteiger partial charge in [0.1, 0.15) is 11.8 Å². The summed E-state index contributed by atoms with van der Waals surface area (Å²) in [5, 5.41) is 10.3. The number of aromatic nitrogens is 1. The highest BCUT2D eigenvalue weighted by molar-refractivity contribution is 5.85. The largest absolute Gasteiger partial charge is 0.508 e. The van der Waals surface area contributed by atoms with Crippen molar-refractivity contribution in [3.63, 3.8) is 0 Å². The molecular weight excluding hydrogens is 268 g/mol. The molecule has 0 aliphatic rings. The molecule has 19 heavy (non-hydrogen) atoms. The van der Waals surface area contributed by atoms with Crippen molar-refractivity contribution in [2.45, 2.75) is 19.4 Å². The number of hydrogen-bond donors (Lipinski definition) is 3. The van der Waals surface area contributed by atoms with Gasteiger partial charge in [0.15, 0.2) is 0 Å². The van der Waals surface area contributed by atoms with Crippen molar-refractivity contribution in [1.29, 1.82) is 0 Å². The van der Waals surface area contributed by atoms with Gasteiger partial charge in [-0.05, 0) is 31.2 Å². The standard InChI is InChI=1S/C13H16N2O3.ClH/c1-2-18-13(17)11(14)7-9-5-8-6-10(16)3-4-12(8)15-9;/h3-6,11,15-16H,2,7,14H2,1H3;1H. The number of rotatable bonds is 4. The predicted molar refractivity (Wildman–Crippen MR) is 75.5 cm³/mol. The van der Waals surface area contributed by atoms with E-state index in [0.29, 0.717) is 13.0 Å². The van der Waals surface area contributed by atoms with Crippen molar-refractivity contribution in [2.24, 2.45) is 5.73 Å². The van der Waals surface area contributed by atoms with E-state index in [0.717, 1.165) is 16.6 Å². The molecule has 6 heteroatoms. The lowest BCUT2D eigenvalue weighted by Gasteiger charge is -2.08. The molecule has 0 aliphatic carbocycles. The van der Waals surface area contributed by atoms with Gasteiger partial charge in [0.25, 0.3) is 0 Å². The van der Waals surface area contributed by atoms with Crippen LogP contribution in [0.3, 0.4) is 0 Å². The normalized spacial score (nSPS) is 11.9. The SMILES string of the molecule is CCOC(=O)C(N)Cc1cc2cc(O)ccc2[nH]1.Cl. The number of nitrogens with two attached hydrogens (primary N) is 1. The summed E-state index contributed by atoms with van der Waals surface area (Å²) < 4.78 is 4.85. The number of phenolic OH excluding ortho intramolecular Hbond substituents is 1. The summed E-state index contributed by atoms with van der Waals surface area (Å²) >= 11 is 0. The highest BCUT2D eigenvalue weighted by atomic mass is 35.5. The van der Waals surface area contributed by atoms with Crippen molar-refractivity contribution in [3.05, 3.63) is 30.0 Å². The lowest BCUT2D eigenvalue weighted by atomic mass is 10.1. The first-order chi connectivity index (χ1) is 8.60. The zero-order valence-corrected chi connectivity index (χ0v) is 11.4. The molecule has 1 atom stereocenters. The molecule has 0 saturated heterocycles. The molecule has 1 aromatic heterocycles. The molecule has 0 saturated carbocycles. The van der Waals surface area contributed by atoms with E-state index in [1.807, 2.05) is 6.07 Å². The minimum atomic E-state index is -0.674. The number of fused-ring (bicyclic) bond motifs is 1. The van der Waals surface area contributed by atoms with Gasteiger partial charge in [-0.3, -0.25) is 4.79 Å². The Morgan fingerprint density at radius 2 is 2.21 bits per heavy atom. The number of carbonyl (C=O) groups excluding carboxylic acids is 1. The first-order valence-electron chi connectivity index (χ1n) is 5.83. The maximum atomic E-state index is 11.4. The predicted octanol–water partition coefficient (Wildman–Crippen LogP) is 1.73. The summed E-state index contributed by atoms with van der Waals surface area (Å²) in [5.74, 6) is -0.193. The molecule has 0 fully saturated rings. The van der Waals surface area contributed by atoms with Crippen LogP contribution in [0, 0.1) is 0 Å². The number of aromatic hydroxyl groups is 1. The fraction of sp³-hybridized carbons (Fsp3) is 0.308. The molecule has 1 unspecified atom stereocenters. The number of H-pyrrole nitrogens is 1. The molecule has 2 aromatic rings. The van der Waals surface area contributed by atoms with Crippen LogP contribution >= 0.6 is 12.4 Å². The van der Waals surface area contributed by atoms with Gasteiger partial charge in [0, 0.05) is 23.0 Å². The number of benzene rings is 1. The van der Waals surface area contributed by atoms with Crippen LogP contribution in [-0.2, 0) is 16.0 Å². The third kappa shape index (κ3) is 3.62. The Morgan fingerprint density at radius 3 is 2.89 bits per heavy atom. The Balaban J connectivity index is 0.00000180. The van der Waals surface area contributed by atoms with E-state index in [1.165, 1.54) is 0 Å². The average Bonchev–Trinajstić information content (AvgIpc) is 2.70. The fourth-order valence-electron chi connectivity index (χ4n) is 1.86. The topological polar surface area (TPSA) is 88.3 Å². The van der Waals surface area contributed by atoms with Gasteiger partial charge in [0.05, 0.1) is 6.61 Å². The summed E-state index contributed by atoms with van der Waals surface area (Å²) in [4.78, 5) is 14.6. The Hall–Kier alpha value is -1.72. The third-order valence-corrected chi connectivity index (χ3v) is 2.69. The molecule has 104 valence electrons. The van der Waals surface area contributed by atoms with E-state index >= 15 is 0 Å². The van der Waals surface area contributed by atoms with Crippen LogP contribution in [0.15, 0.2) is 24.3 Å². The number of esters is 1. The van der Waals surface area contributed by atoms with E-state index in [9.17, 15) is 9.90 Å². The van der Waals surface area contributed by atoms with Crippen molar-refractivity contribution >= 4 is 29.3 Å². The first kappa shape index (κ1) is 15.3. The van der Waals surface area contributed by atoms with Crippen molar-refractivity contribution in [3.8, 4) is 5.75 Å². The minimum Gasteiger partial charge on any atom is -0.508 e. The van der Waals surface area contributed by atoms with Crippen LogP contribution in [0.2, 0.25) is 0 Å². The van der Waals surface area contributed by atoms with E-state index in [-0.39, 0.29) is 18.2 Å². The molecule has 1 heterocycles. The summed E-state index contributed by atoms with van der Waals surface area (Å²) in [6.45, 7) is 2.07. The third-order valence-electron chi connectivity index (χ3n) is 2.69. The van der Waals surface area contributed by atoms with E-state index < -0.39 is 12.0 Å². The lowest BCUT2D eigenvalue weighted by Crippen LogP contribution is -2.34. The Bertz CT molecular complexity index is 568. The van der Waals surface area contributed by atoms with Crippen LogP contribution in [-0.4, -0.2) is 28.7 Å². The number of nitrogens with one attached hydrogen (secondary N) is 1. The first-order valence-corrected chi connectivity index (χ1v) is 5.83. The number of ether oxygens (including phenoxy) is 1. The van der Waals surface area contributed by atoms with Crippen LogP contribution in [0.5, 0.6) is 5.75 Å². The Morgan fingerprint density at radius 1 is 1.47 bits per heavy atom. The number of hydrogen-bond acceptors (Lipinski definition) is 4. The van der Waals surface area contributed by atoms with Gasteiger partial charge in [-0.1, -0.05) is 0 Å². The highest BCUT2D eigenvalue weighted by Gasteiger charge is 2.16. The summed E-state index contributed by atoms with van der Waals surface area (Å²) in [6.07, 6.45) is 0.383. The molecule has 0 spiro atoms. The van der Waals surface area contributed by atoms with Crippen molar-refractivity contribution in [1.82, 2.24) is 4.98 Å². The maximum Gasteiger partial charge on any atom is 0.323 e. The molecule has 5 nitrogen and oxygen atoms in total. The van der Waals surface area contributed by atoms with Crippen LogP contribution in [0.4, 0.5) is 0 Å². The molecule has 0 aliphatic heterocycles. The second-order valence-corrected chi connectivity index (χ2v) is 4.13. The quantitative estimate of drug-likeness (QED) is 0.746. The Kier molecular flexibility index (Phi) is 5.20. The smallest absolute Gasteiger partial charge is 0.323 e. The van der Waals surface area contributed by atoms with Crippen LogP contribution < -0.4 is 5.73 Å². The lowest BCUT2D eigenvalue weighted by molar-refractivity contribution is -0.144. The van der Waals surface area contributed by atoms with Crippen LogP contribution in [0.1, 0.15) is 12.6 Å². The zero-order valence-electron chi connectivity index (χ0n) is 10.6. The van der Waals surface area contributed by atoms with E-state index in [2.05, 4.69) is 4.98 Å². The summed E-state index contributed by atoms with van der Waals surface area (Å²) in [7, 11) is 0. The number of carbonyl (C=O) groups is 1. The molecule has 0 radical (unpaired) electrons. The molecule has 4 N–H and O–H groups in total. The average molecular weight is 285 g/mol. The van der Waals surface area contributed by atoms with Gasteiger partial charge in [0.2, 0.25) is 0 Å². The molecule has 1 aromatic carbocycles. The van der Waals surface area contributed by atoms with Gasteiger partial charge in [-0.2, -0.15) is 0 Å². The molecular formula is C13H17ClN2O3. The number of halogens is 1. The second-order valence-electron chi connectivity index (χ2n) is 4.13. The minimum absolute atomic E-state index is 0. The van der Waals surface area contributed by atoms with Gasteiger partial charge in [-0.15, -0.1) is 12.4 Å². The summed E-state index contributed by atoms with van der Waals surface area (Å²) in [6, 6.07) is 6.24. The summed E-state index contributed by atoms with van der Waals surface area (Å²) in [5.41, 5.74) is 7.49. The van der Waals surface area contributed by atoms with Gasteiger partial charge in [-0.25, -0.2) is 0 Å². The maximum absolute atomic E-state index is 11.4. The Labute approximate surface area is 117 Å². The second kappa shape index (κ2) is 6.45. The van der Waals surface area contributed by atoms with E-state index in [4.69, 9.17) is 10.5 Å². The molecule has 2 rings (SSSR count). The van der Waals surface area contributed by atoms with Crippen molar-refractivity contribution < 1.29 is 14.6 Å². The number of aromatic amines is 1. The highest BCUT2D eigenvalue weighted by Crippen LogP contribution is 2.21. The van der Waals surface area contributed by atoms with Gasteiger partial charge < -0.3 is 20.6 Å². The molecule has 0 bridgehead atoms. The molecule has 0 amide bonds. The van der Waals surface area contributed by atoms with E-state index in [1.54, 1.807) is 25.1 Å². The zero-order chi connectivity index (χ0) is 13.1. The van der Waals surface area contributed by atoms with Gasteiger partial charge >= 0.3 is 5.97 Å². The number of phenols is 1. The monoisotopic (exact) mass is 284 g/mol. The van der Waals surface area contributed by atoms with Crippen molar-refractivity contribution in [2.75, 3.05) is 6.61 Å². The van der Waals surface area contributed by atoms with Crippen LogP contribution in [0.25, 0.3) is 10.9 Å².